The standard InChI is InChI=1S/C20H20N4O2/c25-19-14-4-1-2-5-15(14)23(13-12-22-10-7-21-8-11-22)18-16-6-3-9-24(16)20(26)17(18)19/h1-6,9,21H,7-8,10-13H2. The second kappa shape index (κ2) is 5.93. The molecule has 0 radical (unpaired) electrons. The molecule has 4 heterocycles. The average molecular weight is 348 g/mol. The number of para-hydroxylation sites is 1. The second-order valence-electron chi connectivity index (χ2n) is 6.88. The third kappa shape index (κ3) is 2.19. The van der Waals surface area contributed by atoms with Crippen molar-refractivity contribution in [3.63, 3.8) is 0 Å². The first-order chi connectivity index (χ1) is 12.8. The van der Waals surface area contributed by atoms with Gasteiger partial charge in [0.15, 0.2) is 0 Å². The molecule has 1 aromatic carbocycles. The van der Waals surface area contributed by atoms with Crippen LogP contribution in [0.3, 0.4) is 0 Å². The summed E-state index contributed by atoms with van der Waals surface area (Å²) in [6.45, 7) is 5.71. The van der Waals surface area contributed by atoms with Gasteiger partial charge in [0.1, 0.15) is 5.56 Å². The van der Waals surface area contributed by atoms with Crippen LogP contribution in [0.25, 0.3) is 22.3 Å². The Morgan fingerprint density at radius 2 is 1.77 bits per heavy atom. The summed E-state index contributed by atoms with van der Waals surface area (Å²) in [5, 5.41) is 3.99. The predicted octanol–water partition coefficient (Wildman–Crippen LogP) is 1.38. The van der Waals surface area contributed by atoms with Gasteiger partial charge in [0, 0.05) is 50.9 Å². The molecule has 0 bridgehead atoms. The van der Waals surface area contributed by atoms with Gasteiger partial charge in [0.05, 0.1) is 16.9 Å². The van der Waals surface area contributed by atoms with Crippen LogP contribution < -0.4 is 10.7 Å². The van der Waals surface area contributed by atoms with E-state index in [2.05, 4.69) is 14.8 Å². The Kier molecular flexibility index (Phi) is 3.55. The smallest absolute Gasteiger partial charge is 0.268 e. The molecular weight excluding hydrogens is 328 g/mol. The summed E-state index contributed by atoms with van der Waals surface area (Å²) in [6.07, 6.45) is 1.74. The molecule has 0 unspecified atom stereocenters. The van der Waals surface area contributed by atoms with Crippen LogP contribution in [-0.4, -0.2) is 52.7 Å². The summed E-state index contributed by atoms with van der Waals surface area (Å²) >= 11 is 0. The molecule has 6 nitrogen and oxygen atoms in total. The van der Waals surface area contributed by atoms with Crippen molar-refractivity contribution in [2.45, 2.75) is 6.54 Å². The molecule has 2 aliphatic rings. The Balaban J connectivity index is 1.69. The number of pyridine rings is 1. The van der Waals surface area contributed by atoms with Crippen molar-refractivity contribution in [2.24, 2.45) is 0 Å². The largest absolute Gasteiger partial charge is 0.337 e. The maximum atomic E-state index is 13.0. The van der Waals surface area contributed by atoms with E-state index in [-0.39, 0.29) is 11.3 Å². The van der Waals surface area contributed by atoms with Crippen molar-refractivity contribution < 1.29 is 4.79 Å². The summed E-state index contributed by atoms with van der Waals surface area (Å²) in [6, 6.07) is 11.4. The number of carbonyl (C=O) groups excluding carboxylic acids is 1. The predicted molar refractivity (Wildman–Crippen MR) is 101 cm³/mol. The van der Waals surface area contributed by atoms with E-state index in [0.717, 1.165) is 56.2 Å². The lowest BCUT2D eigenvalue weighted by atomic mass is 10.1. The molecule has 0 amide bonds. The van der Waals surface area contributed by atoms with Crippen LogP contribution >= 0.6 is 0 Å². The first-order valence-electron chi connectivity index (χ1n) is 9.07. The van der Waals surface area contributed by atoms with Gasteiger partial charge < -0.3 is 9.88 Å². The van der Waals surface area contributed by atoms with E-state index < -0.39 is 0 Å². The van der Waals surface area contributed by atoms with Gasteiger partial charge in [-0.1, -0.05) is 12.1 Å². The molecule has 2 aliphatic heterocycles. The first kappa shape index (κ1) is 15.5. The summed E-state index contributed by atoms with van der Waals surface area (Å²) in [5.41, 5.74) is 2.61. The highest BCUT2D eigenvalue weighted by Crippen LogP contribution is 2.32. The third-order valence-electron chi connectivity index (χ3n) is 5.45. The highest BCUT2D eigenvalue weighted by molar-refractivity contribution is 6.10. The first-order valence-corrected chi connectivity index (χ1v) is 9.07. The van der Waals surface area contributed by atoms with Crippen molar-refractivity contribution in [3.05, 3.63) is 58.4 Å². The highest BCUT2D eigenvalue weighted by atomic mass is 16.2. The number of benzene rings is 1. The quantitative estimate of drug-likeness (QED) is 0.608. The van der Waals surface area contributed by atoms with Gasteiger partial charge in [-0.05, 0) is 24.3 Å². The lowest BCUT2D eigenvalue weighted by Gasteiger charge is -2.28. The fourth-order valence-corrected chi connectivity index (χ4v) is 4.14. The second-order valence-corrected chi connectivity index (χ2v) is 6.88. The number of fused-ring (bicyclic) bond motifs is 4. The minimum absolute atomic E-state index is 0.164. The summed E-state index contributed by atoms with van der Waals surface area (Å²) in [7, 11) is 0. The van der Waals surface area contributed by atoms with Gasteiger partial charge in [0.2, 0.25) is 5.43 Å². The van der Waals surface area contributed by atoms with E-state index in [9.17, 15) is 9.59 Å². The van der Waals surface area contributed by atoms with Crippen LogP contribution in [0.5, 0.6) is 0 Å². The number of hydrogen-bond donors (Lipinski definition) is 1. The van der Waals surface area contributed by atoms with Gasteiger partial charge in [-0.2, -0.15) is 0 Å². The molecule has 1 saturated heterocycles. The Morgan fingerprint density at radius 3 is 2.62 bits per heavy atom. The van der Waals surface area contributed by atoms with Gasteiger partial charge in [-0.25, -0.2) is 0 Å². The van der Waals surface area contributed by atoms with E-state index in [1.54, 1.807) is 10.8 Å². The maximum Gasteiger partial charge on any atom is 0.268 e. The fourth-order valence-electron chi connectivity index (χ4n) is 4.14. The summed E-state index contributed by atoms with van der Waals surface area (Å²) < 4.78 is 3.75. The third-order valence-corrected chi connectivity index (χ3v) is 5.45. The van der Waals surface area contributed by atoms with E-state index in [0.29, 0.717) is 10.9 Å². The normalized spacial score (nSPS) is 16.8. The van der Waals surface area contributed by atoms with Crippen LogP contribution in [0.4, 0.5) is 0 Å². The maximum absolute atomic E-state index is 13.0. The monoisotopic (exact) mass is 348 g/mol. The molecule has 0 aliphatic carbocycles. The number of rotatable bonds is 3. The van der Waals surface area contributed by atoms with Crippen LogP contribution in [0.2, 0.25) is 0 Å². The summed E-state index contributed by atoms with van der Waals surface area (Å²) in [5.74, 6) is -0.216. The fraction of sp³-hybridized carbons (Fsp3) is 0.300. The van der Waals surface area contributed by atoms with Crippen LogP contribution in [0, 0.1) is 0 Å². The Hall–Kier alpha value is -2.70. The minimum Gasteiger partial charge on any atom is -0.337 e. The number of piperazine rings is 1. The van der Waals surface area contributed by atoms with E-state index in [4.69, 9.17) is 0 Å². The molecule has 5 rings (SSSR count). The zero-order valence-electron chi connectivity index (χ0n) is 14.4. The van der Waals surface area contributed by atoms with Crippen LogP contribution in [0.1, 0.15) is 10.4 Å². The number of nitrogens with one attached hydrogen (secondary N) is 1. The minimum atomic E-state index is -0.216. The summed E-state index contributed by atoms with van der Waals surface area (Å²) in [4.78, 5) is 28.2. The molecular formula is C20H20N4O2. The Morgan fingerprint density at radius 1 is 0.962 bits per heavy atom. The Bertz CT molecular complexity index is 1070. The van der Waals surface area contributed by atoms with Crippen LogP contribution in [0.15, 0.2) is 47.4 Å². The van der Waals surface area contributed by atoms with Crippen LogP contribution in [-0.2, 0) is 6.54 Å². The van der Waals surface area contributed by atoms with Crippen molar-refractivity contribution >= 4 is 16.8 Å². The number of hydrogen-bond acceptors (Lipinski definition) is 4. The average Bonchev–Trinajstić information content (AvgIpc) is 3.26. The van der Waals surface area contributed by atoms with Gasteiger partial charge in [0.25, 0.3) is 5.91 Å². The zero-order valence-corrected chi connectivity index (χ0v) is 14.4. The van der Waals surface area contributed by atoms with Gasteiger partial charge >= 0.3 is 0 Å². The lowest BCUT2D eigenvalue weighted by Crippen LogP contribution is -2.44. The van der Waals surface area contributed by atoms with Crippen molar-refractivity contribution in [2.75, 3.05) is 32.7 Å². The Labute approximate surface area is 150 Å². The number of carbonyl (C=O) groups is 1. The molecule has 1 N–H and O–H groups in total. The number of aromatic nitrogens is 2. The molecule has 0 spiro atoms. The van der Waals surface area contributed by atoms with Crippen molar-refractivity contribution in [3.8, 4) is 11.4 Å². The van der Waals surface area contributed by atoms with Gasteiger partial charge in [-0.15, -0.1) is 0 Å². The molecule has 0 atom stereocenters. The molecule has 132 valence electrons. The molecule has 6 heteroatoms. The topological polar surface area (TPSA) is 59.3 Å². The van der Waals surface area contributed by atoms with Crippen molar-refractivity contribution in [1.29, 1.82) is 0 Å². The van der Waals surface area contributed by atoms with E-state index in [1.807, 2.05) is 36.4 Å². The highest BCUT2D eigenvalue weighted by Gasteiger charge is 2.32. The molecule has 0 saturated carbocycles. The molecule has 2 aromatic heterocycles. The molecule has 3 aromatic rings. The van der Waals surface area contributed by atoms with Crippen molar-refractivity contribution in [1.82, 2.24) is 19.4 Å². The zero-order chi connectivity index (χ0) is 17.7. The van der Waals surface area contributed by atoms with Gasteiger partial charge in [-0.3, -0.25) is 19.1 Å². The molecule has 1 fully saturated rings. The molecule has 26 heavy (non-hydrogen) atoms. The lowest BCUT2D eigenvalue weighted by molar-refractivity contribution is 0.0968. The number of nitrogens with zero attached hydrogens (tertiary/aromatic N) is 3. The SMILES string of the molecule is O=C1c2c(n(CCN3CCNCC3)c3ccccc3c2=O)-c2cccn21. The van der Waals surface area contributed by atoms with E-state index >= 15 is 0 Å². The van der Waals surface area contributed by atoms with E-state index in [1.165, 1.54) is 0 Å².